The standard InChI is InChI=1S/C18H22FN3O2/c1-2-3-4-9-21-11-13-5-8-17(15(19)10-13)24-14-6-7-16(18(20)23)22-12-14/h5-8,10,12,21H,2-4,9,11H2,1H3,(H2,20,23). The normalized spacial score (nSPS) is 10.6. The van der Waals surface area contributed by atoms with Crippen LogP contribution in [0.2, 0.25) is 0 Å². The first-order valence-corrected chi connectivity index (χ1v) is 8.03. The molecule has 5 nitrogen and oxygen atoms in total. The van der Waals surface area contributed by atoms with Crippen LogP contribution in [0.3, 0.4) is 0 Å². The van der Waals surface area contributed by atoms with Crippen LogP contribution in [0.4, 0.5) is 4.39 Å². The quantitative estimate of drug-likeness (QED) is 0.691. The summed E-state index contributed by atoms with van der Waals surface area (Å²) in [7, 11) is 0. The van der Waals surface area contributed by atoms with Gasteiger partial charge in [0.15, 0.2) is 11.6 Å². The number of benzene rings is 1. The molecule has 2 rings (SSSR count). The summed E-state index contributed by atoms with van der Waals surface area (Å²) < 4.78 is 19.6. The largest absolute Gasteiger partial charge is 0.453 e. The van der Waals surface area contributed by atoms with Gasteiger partial charge >= 0.3 is 0 Å². The first kappa shape index (κ1) is 17.9. The molecule has 0 aliphatic heterocycles. The number of nitrogens with two attached hydrogens (primary N) is 1. The SMILES string of the molecule is CCCCCNCc1ccc(Oc2ccc(C(N)=O)nc2)c(F)c1. The van der Waals surface area contributed by atoms with E-state index in [4.69, 9.17) is 10.5 Å². The van der Waals surface area contributed by atoms with E-state index in [0.717, 1.165) is 18.5 Å². The minimum Gasteiger partial charge on any atom is -0.453 e. The van der Waals surface area contributed by atoms with Crippen molar-refractivity contribution in [3.63, 3.8) is 0 Å². The number of nitrogens with one attached hydrogen (secondary N) is 1. The highest BCUT2D eigenvalue weighted by Gasteiger charge is 2.08. The maximum atomic E-state index is 14.1. The summed E-state index contributed by atoms with van der Waals surface area (Å²) in [6.45, 7) is 3.70. The van der Waals surface area contributed by atoms with Crippen molar-refractivity contribution in [3.05, 3.63) is 53.6 Å². The Kier molecular flexibility index (Phi) is 6.69. The topological polar surface area (TPSA) is 77.2 Å². The Morgan fingerprint density at radius 1 is 1.29 bits per heavy atom. The zero-order valence-corrected chi connectivity index (χ0v) is 13.7. The molecule has 3 N–H and O–H groups in total. The van der Waals surface area contributed by atoms with Crippen molar-refractivity contribution in [1.29, 1.82) is 0 Å². The van der Waals surface area contributed by atoms with Gasteiger partial charge in [-0.2, -0.15) is 0 Å². The average molecular weight is 331 g/mol. The number of primary amides is 1. The number of hydrogen-bond donors (Lipinski definition) is 2. The maximum Gasteiger partial charge on any atom is 0.267 e. The van der Waals surface area contributed by atoms with Crippen LogP contribution in [-0.4, -0.2) is 17.4 Å². The Bertz CT molecular complexity index is 674. The van der Waals surface area contributed by atoms with E-state index in [2.05, 4.69) is 17.2 Å². The summed E-state index contributed by atoms with van der Waals surface area (Å²) >= 11 is 0. The zero-order chi connectivity index (χ0) is 17.4. The second-order valence-corrected chi connectivity index (χ2v) is 5.49. The molecule has 6 heteroatoms. The van der Waals surface area contributed by atoms with Crippen LogP contribution in [0.25, 0.3) is 0 Å². The lowest BCUT2D eigenvalue weighted by atomic mass is 10.2. The van der Waals surface area contributed by atoms with Crippen LogP contribution in [0.15, 0.2) is 36.5 Å². The number of rotatable bonds is 9. The molecule has 2 aromatic rings. The van der Waals surface area contributed by atoms with Gasteiger partial charge in [0.2, 0.25) is 0 Å². The van der Waals surface area contributed by atoms with E-state index in [0.29, 0.717) is 12.3 Å². The van der Waals surface area contributed by atoms with Gasteiger partial charge < -0.3 is 15.8 Å². The van der Waals surface area contributed by atoms with Crippen molar-refractivity contribution in [2.24, 2.45) is 5.73 Å². The summed E-state index contributed by atoms with van der Waals surface area (Å²) in [6.07, 6.45) is 4.82. The van der Waals surface area contributed by atoms with Crippen molar-refractivity contribution in [1.82, 2.24) is 10.3 Å². The Hall–Kier alpha value is -2.47. The number of pyridine rings is 1. The van der Waals surface area contributed by atoms with E-state index in [9.17, 15) is 9.18 Å². The van der Waals surface area contributed by atoms with Crippen molar-refractivity contribution in [2.75, 3.05) is 6.54 Å². The fraction of sp³-hybridized carbons (Fsp3) is 0.333. The molecule has 0 spiro atoms. The Balaban J connectivity index is 1.93. The van der Waals surface area contributed by atoms with E-state index in [1.807, 2.05) is 6.07 Å². The molecule has 1 aromatic carbocycles. The number of nitrogens with zero attached hydrogens (tertiary/aromatic N) is 1. The predicted molar refractivity (Wildman–Crippen MR) is 90.5 cm³/mol. The average Bonchev–Trinajstić information content (AvgIpc) is 2.57. The van der Waals surface area contributed by atoms with E-state index in [-0.39, 0.29) is 11.4 Å². The molecule has 0 fully saturated rings. The van der Waals surface area contributed by atoms with Gasteiger partial charge in [-0.1, -0.05) is 25.8 Å². The van der Waals surface area contributed by atoms with E-state index < -0.39 is 11.7 Å². The molecule has 24 heavy (non-hydrogen) atoms. The second kappa shape index (κ2) is 8.98. The van der Waals surface area contributed by atoms with Gasteiger partial charge in [-0.15, -0.1) is 0 Å². The van der Waals surface area contributed by atoms with Crippen molar-refractivity contribution >= 4 is 5.91 Å². The van der Waals surface area contributed by atoms with E-state index in [1.54, 1.807) is 6.07 Å². The molecule has 0 atom stereocenters. The fourth-order valence-corrected chi connectivity index (χ4v) is 2.18. The van der Waals surface area contributed by atoms with Gasteiger partial charge in [0.1, 0.15) is 11.4 Å². The molecule has 0 radical (unpaired) electrons. The number of amides is 1. The van der Waals surface area contributed by atoms with Crippen molar-refractivity contribution < 1.29 is 13.9 Å². The maximum absolute atomic E-state index is 14.1. The van der Waals surface area contributed by atoms with Crippen molar-refractivity contribution in [3.8, 4) is 11.5 Å². The van der Waals surface area contributed by atoms with Crippen LogP contribution >= 0.6 is 0 Å². The van der Waals surface area contributed by atoms with Crippen LogP contribution in [0.5, 0.6) is 11.5 Å². The van der Waals surface area contributed by atoms with Crippen LogP contribution < -0.4 is 15.8 Å². The number of hydrogen-bond acceptors (Lipinski definition) is 4. The number of carbonyl (C=O) groups is 1. The van der Waals surface area contributed by atoms with E-state index in [1.165, 1.54) is 37.2 Å². The van der Waals surface area contributed by atoms with Crippen LogP contribution in [0.1, 0.15) is 42.2 Å². The number of halogens is 1. The summed E-state index contributed by atoms with van der Waals surface area (Å²) in [5, 5.41) is 3.29. The highest BCUT2D eigenvalue weighted by molar-refractivity contribution is 5.90. The van der Waals surface area contributed by atoms with Gasteiger partial charge in [0.25, 0.3) is 5.91 Å². The molecule has 0 aliphatic rings. The Morgan fingerprint density at radius 2 is 2.12 bits per heavy atom. The third-order valence-corrected chi connectivity index (χ3v) is 3.50. The molecule has 0 saturated heterocycles. The molecule has 128 valence electrons. The van der Waals surface area contributed by atoms with Crippen LogP contribution in [0, 0.1) is 5.82 Å². The fourth-order valence-electron chi connectivity index (χ4n) is 2.18. The molecule has 1 heterocycles. The van der Waals surface area contributed by atoms with Gasteiger partial charge in [0.05, 0.1) is 6.20 Å². The lowest BCUT2D eigenvalue weighted by molar-refractivity contribution is 0.0995. The molecule has 0 bridgehead atoms. The number of aromatic nitrogens is 1. The van der Waals surface area contributed by atoms with Crippen LogP contribution in [-0.2, 0) is 6.54 Å². The minimum atomic E-state index is -0.622. The second-order valence-electron chi connectivity index (χ2n) is 5.49. The molecule has 0 unspecified atom stereocenters. The third-order valence-electron chi connectivity index (χ3n) is 3.50. The van der Waals surface area contributed by atoms with E-state index >= 15 is 0 Å². The van der Waals surface area contributed by atoms with Crippen molar-refractivity contribution in [2.45, 2.75) is 32.7 Å². The zero-order valence-electron chi connectivity index (χ0n) is 13.7. The molecular weight excluding hydrogens is 309 g/mol. The van der Waals surface area contributed by atoms with Gasteiger partial charge in [0, 0.05) is 6.54 Å². The minimum absolute atomic E-state index is 0.110. The van der Waals surface area contributed by atoms with Gasteiger partial charge in [-0.05, 0) is 42.8 Å². The lowest BCUT2D eigenvalue weighted by Gasteiger charge is -2.09. The Morgan fingerprint density at radius 3 is 2.75 bits per heavy atom. The molecule has 1 aromatic heterocycles. The number of carbonyl (C=O) groups excluding carboxylic acids is 1. The lowest BCUT2D eigenvalue weighted by Crippen LogP contribution is -2.14. The predicted octanol–water partition coefficient (Wildman–Crippen LogP) is 3.39. The highest BCUT2D eigenvalue weighted by Crippen LogP contribution is 2.24. The first-order chi connectivity index (χ1) is 11.6. The number of ether oxygens (including phenoxy) is 1. The molecule has 0 aliphatic carbocycles. The summed E-state index contributed by atoms with van der Waals surface area (Å²) in [4.78, 5) is 14.8. The number of unbranched alkanes of at least 4 members (excludes halogenated alkanes) is 2. The summed E-state index contributed by atoms with van der Waals surface area (Å²) in [5.41, 5.74) is 6.11. The smallest absolute Gasteiger partial charge is 0.267 e. The third kappa shape index (κ3) is 5.31. The summed E-state index contributed by atoms with van der Waals surface area (Å²) in [5.74, 6) is -0.618. The summed E-state index contributed by atoms with van der Waals surface area (Å²) in [6, 6.07) is 7.81. The van der Waals surface area contributed by atoms with Gasteiger partial charge in [-0.3, -0.25) is 4.79 Å². The highest BCUT2D eigenvalue weighted by atomic mass is 19.1. The Labute approximate surface area is 141 Å². The monoisotopic (exact) mass is 331 g/mol. The molecular formula is C18H22FN3O2. The molecule has 0 saturated carbocycles. The molecule has 1 amide bonds. The first-order valence-electron chi connectivity index (χ1n) is 8.03. The van der Waals surface area contributed by atoms with Gasteiger partial charge in [-0.25, -0.2) is 9.37 Å².